The summed E-state index contributed by atoms with van der Waals surface area (Å²) in [7, 11) is 1.48. The third-order valence-electron chi connectivity index (χ3n) is 3.24. The van der Waals surface area contributed by atoms with Crippen molar-refractivity contribution >= 4 is 24.3 Å². The number of urea groups is 1. The summed E-state index contributed by atoms with van der Waals surface area (Å²) in [5.41, 5.74) is 6.02. The minimum Gasteiger partial charge on any atom is -0.341 e. The van der Waals surface area contributed by atoms with E-state index in [-0.39, 0.29) is 36.3 Å². The van der Waals surface area contributed by atoms with Gasteiger partial charge in [0, 0.05) is 26.2 Å². The third-order valence-corrected chi connectivity index (χ3v) is 3.24. The van der Waals surface area contributed by atoms with E-state index in [2.05, 4.69) is 24.5 Å². The molecule has 0 bridgehead atoms. The molecule has 1 saturated heterocycles. The number of carbonyl (C=O) groups excluding carboxylic acids is 2. The minimum atomic E-state index is -0.469. The Morgan fingerprint density at radius 2 is 2.06 bits per heavy atom. The molecule has 1 atom stereocenters. The summed E-state index contributed by atoms with van der Waals surface area (Å²) in [6.07, 6.45) is 0.875. The smallest absolute Gasteiger partial charge is 0.321 e. The number of imide groups is 1. The Kier molecular flexibility index (Phi) is 6.59. The molecule has 7 heteroatoms. The van der Waals surface area contributed by atoms with Crippen molar-refractivity contribution in [3.05, 3.63) is 0 Å². The lowest BCUT2D eigenvalue weighted by molar-refractivity contribution is -0.122. The molecule has 0 aromatic carbocycles. The molecule has 4 N–H and O–H groups in total. The maximum absolute atomic E-state index is 11.5. The second kappa shape index (κ2) is 6.92. The first kappa shape index (κ1) is 17.2. The van der Waals surface area contributed by atoms with Crippen LogP contribution in [0.5, 0.6) is 0 Å². The van der Waals surface area contributed by atoms with Crippen LogP contribution >= 0.6 is 12.4 Å². The first-order chi connectivity index (χ1) is 7.85. The zero-order valence-corrected chi connectivity index (χ0v) is 12.0. The predicted molar refractivity (Wildman–Crippen MR) is 72.7 cm³/mol. The third kappa shape index (κ3) is 4.80. The first-order valence-corrected chi connectivity index (χ1v) is 5.84. The number of likely N-dealkylation sites (tertiary alicyclic amines) is 1. The van der Waals surface area contributed by atoms with Gasteiger partial charge in [0.25, 0.3) is 0 Å². The number of nitrogens with one attached hydrogen (secondary N) is 2. The predicted octanol–water partition coefficient (Wildman–Crippen LogP) is -0.0770. The second-order valence-corrected chi connectivity index (χ2v) is 5.22. The molecule has 0 aromatic rings. The fourth-order valence-electron chi connectivity index (χ4n) is 2.05. The Balaban J connectivity index is 0.00000289. The van der Waals surface area contributed by atoms with E-state index in [9.17, 15) is 9.59 Å². The molecule has 0 aromatic heterocycles. The van der Waals surface area contributed by atoms with E-state index in [0.29, 0.717) is 0 Å². The summed E-state index contributed by atoms with van der Waals surface area (Å²) in [4.78, 5) is 24.5. The lowest BCUT2D eigenvalue weighted by atomic mass is 9.80. The molecule has 0 aliphatic carbocycles. The number of amides is 3. The SMILES string of the molecule is CNC(=O)NC(=O)CN1CCC(N)C(C)(C)C1.Cl. The molecule has 1 aliphatic rings. The van der Waals surface area contributed by atoms with Gasteiger partial charge in [-0.25, -0.2) is 4.79 Å². The standard InChI is InChI=1S/C11H22N4O2.ClH/c1-11(2)7-15(5-4-8(11)12)6-9(16)14-10(17)13-3;/h8H,4-7,12H2,1-3H3,(H2,13,14,16,17);1H. The van der Waals surface area contributed by atoms with Crippen LogP contribution in [0, 0.1) is 5.41 Å². The summed E-state index contributed by atoms with van der Waals surface area (Å²) in [6.45, 7) is 6.01. The Morgan fingerprint density at radius 3 is 2.56 bits per heavy atom. The van der Waals surface area contributed by atoms with Gasteiger partial charge in [-0.1, -0.05) is 13.8 Å². The average Bonchev–Trinajstić information content (AvgIpc) is 2.22. The van der Waals surface area contributed by atoms with Crippen LogP contribution in [0.3, 0.4) is 0 Å². The Morgan fingerprint density at radius 1 is 1.44 bits per heavy atom. The first-order valence-electron chi connectivity index (χ1n) is 5.84. The molecule has 1 rings (SSSR count). The number of carbonyl (C=O) groups is 2. The number of nitrogens with zero attached hydrogens (tertiary/aromatic N) is 1. The summed E-state index contributed by atoms with van der Waals surface area (Å²) in [5, 5.41) is 4.60. The number of rotatable bonds is 2. The largest absolute Gasteiger partial charge is 0.341 e. The van der Waals surface area contributed by atoms with Crippen LogP contribution in [0.15, 0.2) is 0 Å². The molecule has 0 spiro atoms. The average molecular weight is 279 g/mol. The van der Waals surface area contributed by atoms with Crippen molar-refractivity contribution in [3.63, 3.8) is 0 Å². The molecule has 6 nitrogen and oxygen atoms in total. The molecule has 1 fully saturated rings. The van der Waals surface area contributed by atoms with Crippen molar-refractivity contribution < 1.29 is 9.59 Å². The van der Waals surface area contributed by atoms with Gasteiger partial charge in [-0.3, -0.25) is 15.0 Å². The van der Waals surface area contributed by atoms with Gasteiger partial charge in [0.1, 0.15) is 0 Å². The Bertz CT molecular complexity index is 309. The van der Waals surface area contributed by atoms with Gasteiger partial charge < -0.3 is 11.1 Å². The van der Waals surface area contributed by atoms with E-state index in [4.69, 9.17) is 5.73 Å². The van der Waals surface area contributed by atoms with Gasteiger partial charge in [-0.2, -0.15) is 0 Å². The zero-order valence-electron chi connectivity index (χ0n) is 11.2. The monoisotopic (exact) mass is 278 g/mol. The molecule has 1 unspecified atom stereocenters. The lowest BCUT2D eigenvalue weighted by Crippen LogP contribution is -2.54. The highest BCUT2D eigenvalue weighted by molar-refractivity contribution is 5.95. The molecular formula is C11H23ClN4O2. The highest BCUT2D eigenvalue weighted by atomic mass is 35.5. The van der Waals surface area contributed by atoms with Crippen molar-refractivity contribution in [2.24, 2.45) is 11.1 Å². The van der Waals surface area contributed by atoms with E-state index in [1.807, 2.05) is 4.90 Å². The fourth-order valence-corrected chi connectivity index (χ4v) is 2.05. The molecule has 18 heavy (non-hydrogen) atoms. The number of piperidine rings is 1. The molecule has 0 radical (unpaired) electrons. The number of hydrogen-bond acceptors (Lipinski definition) is 4. The molecular weight excluding hydrogens is 256 g/mol. The Labute approximate surface area is 114 Å². The quantitative estimate of drug-likeness (QED) is 0.659. The van der Waals surface area contributed by atoms with Crippen LogP contribution < -0.4 is 16.4 Å². The summed E-state index contributed by atoms with van der Waals surface area (Å²) >= 11 is 0. The maximum atomic E-state index is 11.5. The van der Waals surface area contributed by atoms with Crippen molar-refractivity contribution in [1.29, 1.82) is 0 Å². The van der Waals surface area contributed by atoms with Crippen molar-refractivity contribution in [2.75, 3.05) is 26.7 Å². The molecule has 1 aliphatic heterocycles. The van der Waals surface area contributed by atoms with E-state index < -0.39 is 6.03 Å². The number of halogens is 1. The van der Waals surface area contributed by atoms with E-state index in [1.165, 1.54) is 7.05 Å². The maximum Gasteiger partial charge on any atom is 0.321 e. The number of hydrogen-bond donors (Lipinski definition) is 3. The second-order valence-electron chi connectivity index (χ2n) is 5.22. The number of nitrogens with two attached hydrogens (primary N) is 1. The van der Waals surface area contributed by atoms with Gasteiger partial charge >= 0.3 is 6.03 Å². The van der Waals surface area contributed by atoms with Gasteiger partial charge in [0.2, 0.25) is 5.91 Å². The van der Waals surface area contributed by atoms with Gasteiger partial charge in [0.15, 0.2) is 0 Å². The summed E-state index contributed by atoms with van der Waals surface area (Å²) in [6, 6.07) is -0.302. The lowest BCUT2D eigenvalue weighted by Gasteiger charge is -2.42. The molecule has 1 heterocycles. The van der Waals surface area contributed by atoms with Crippen LogP contribution in [0.4, 0.5) is 4.79 Å². The van der Waals surface area contributed by atoms with Crippen LogP contribution in [0.2, 0.25) is 0 Å². The highest BCUT2D eigenvalue weighted by Crippen LogP contribution is 2.27. The van der Waals surface area contributed by atoms with Crippen molar-refractivity contribution in [2.45, 2.75) is 26.3 Å². The minimum absolute atomic E-state index is 0. The van der Waals surface area contributed by atoms with E-state index >= 15 is 0 Å². The van der Waals surface area contributed by atoms with Crippen molar-refractivity contribution in [1.82, 2.24) is 15.5 Å². The van der Waals surface area contributed by atoms with Crippen LogP contribution in [0.1, 0.15) is 20.3 Å². The van der Waals surface area contributed by atoms with E-state index in [1.54, 1.807) is 0 Å². The topological polar surface area (TPSA) is 87.5 Å². The van der Waals surface area contributed by atoms with Gasteiger partial charge in [-0.05, 0) is 11.8 Å². The molecule has 106 valence electrons. The van der Waals surface area contributed by atoms with Crippen LogP contribution in [0.25, 0.3) is 0 Å². The van der Waals surface area contributed by atoms with E-state index in [0.717, 1.165) is 19.5 Å². The Hall–Kier alpha value is -0.850. The fraction of sp³-hybridized carbons (Fsp3) is 0.818. The summed E-state index contributed by atoms with van der Waals surface area (Å²) < 4.78 is 0. The molecule has 3 amide bonds. The molecule has 0 saturated carbocycles. The van der Waals surface area contributed by atoms with Crippen LogP contribution in [-0.2, 0) is 4.79 Å². The highest BCUT2D eigenvalue weighted by Gasteiger charge is 2.33. The van der Waals surface area contributed by atoms with Crippen molar-refractivity contribution in [3.8, 4) is 0 Å². The van der Waals surface area contributed by atoms with Crippen LogP contribution in [-0.4, -0.2) is 49.6 Å². The zero-order chi connectivity index (χ0) is 13.1. The van der Waals surface area contributed by atoms with Gasteiger partial charge in [0.05, 0.1) is 6.54 Å². The normalized spacial score (nSPS) is 22.8. The van der Waals surface area contributed by atoms with Gasteiger partial charge in [-0.15, -0.1) is 12.4 Å². The summed E-state index contributed by atoms with van der Waals surface area (Å²) in [5.74, 6) is -0.282.